The molecule has 0 fully saturated rings. The Balaban J connectivity index is 1.78. The Kier molecular flexibility index (Phi) is 4.60. The van der Waals surface area contributed by atoms with E-state index in [1.165, 1.54) is 0 Å². The van der Waals surface area contributed by atoms with E-state index in [1.807, 2.05) is 47.0 Å². The Hall–Kier alpha value is -2.36. The van der Waals surface area contributed by atoms with Crippen molar-refractivity contribution in [2.75, 3.05) is 6.61 Å². The van der Waals surface area contributed by atoms with Crippen LogP contribution < -0.4 is 0 Å². The predicted octanol–water partition coefficient (Wildman–Crippen LogP) is 3.55. The van der Waals surface area contributed by atoms with Crippen molar-refractivity contribution < 1.29 is 14.3 Å². The summed E-state index contributed by atoms with van der Waals surface area (Å²) in [4.78, 5) is 24.8. The fourth-order valence-corrected chi connectivity index (χ4v) is 3.04. The lowest BCUT2D eigenvalue weighted by molar-refractivity contribution is -0.145. The largest absolute Gasteiger partial charge is 0.465 e. The molecule has 0 saturated heterocycles. The third kappa shape index (κ3) is 3.07. The van der Waals surface area contributed by atoms with Gasteiger partial charge in [-0.1, -0.05) is 43.7 Å². The molecule has 1 aromatic carbocycles. The van der Waals surface area contributed by atoms with Crippen LogP contribution >= 0.6 is 0 Å². The van der Waals surface area contributed by atoms with Crippen LogP contribution in [-0.4, -0.2) is 22.9 Å². The van der Waals surface area contributed by atoms with Gasteiger partial charge in [-0.2, -0.15) is 0 Å². The molecule has 0 bridgehead atoms. The number of aromatic nitrogens is 1. The summed E-state index contributed by atoms with van der Waals surface area (Å²) in [5.74, 6) is -0.421. The molecule has 2 aromatic rings. The van der Waals surface area contributed by atoms with E-state index in [0.717, 1.165) is 18.5 Å². The molecule has 0 spiro atoms. The molecule has 2 heterocycles. The lowest BCUT2D eigenvalue weighted by Gasteiger charge is -2.09. The van der Waals surface area contributed by atoms with Gasteiger partial charge in [-0.05, 0) is 25.0 Å². The van der Waals surface area contributed by atoms with E-state index in [4.69, 9.17) is 4.74 Å². The molecule has 0 aliphatic carbocycles. The number of unbranched alkanes of at least 4 members (excludes halogenated alkanes) is 1. The predicted molar refractivity (Wildman–Crippen MR) is 87.5 cm³/mol. The molecule has 4 nitrogen and oxygen atoms in total. The van der Waals surface area contributed by atoms with Gasteiger partial charge in [0.1, 0.15) is 0 Å². The summed E-state index contributed by atoms with van der Waals surface area (Å²) in [5, 5.41) is 0. The molecule has 0 radical (unpaired) electrons. The van der Waals surface area contributed by atoms with Crippen molar-refractivity contribution in [1.82, 2.24) is 4.57 Å². The molecule has 1 aromatic heterocycles. The van der Waals surface area contributed by atoms with Gasteiger partial charge < -0.3 is 9.30 Å². The minimum absolute atomic E-state index is 0.00292. The highest BCUT2D eigenvalue weighted by molar-refractivity contribution is 6.08. The first-order chi connectivity index (χ1) is 11.2. The molecule has 3 rings (SSSR count). The first-order valence-electron chi connectivity index (χ1n) is 8.18. The molecule has 1 aliphatic rings. The lowest BCUT2D eigenvalue weighted by Crippen LogP contribution is -2.14. The number of ether oxygens (including phenoxy) is 1. The Morgan fingerprint density at radius 1 is 1.17 bits per heavy atom. The zero-order valence-corrected chi connectivity index (χ0v) is 13.3. The average Bonchev–Trinajstić information content (AvgIpc) is 3.17. The number of hydrogen-bond acceptors (Lipinski definition) is 3. The van der Waals surface area contributed by atoms with Gasteiger partial charge in [-0.25, -0.2) is 0 Å². The molecule has 0 amide bonds. The van der Waals surface area contributed by atoms with Crippen LogP contribution in [0.1, 0.15) is 53.8 Å². The summed E-state index contributed by atoms with van der Waals surface area (Å²) in [5.41, 5.74) is 2.21. The van der Waals surface area contributed by atoms with Crippen LogP contribution in [0.25, 0.3) is 0 Å². The Labute approximate surface area is 136 Å². The average molecular weight is 311 g/mol. The highest BCUT2D eigenvalue weighted by Gasteiger charge is 2.32. The van der Waals surface area contributed by atoms with Crippen molar-refractivity contribution in [3.8, 4) is 0 Å². The molecular formula is C19H21NO3. The zero-order chi connectivity index (χ0) is 16.2. The fourth-order valence-electron chi connectivity index (χ4n) is 3.04. The first kappa shape index (κ1) is 15.5. The molecule has 0 N–H and O–H groups in total. The fraction of sp³-hybridized carbons (Fsp3) is 0.368. The van der Waals surface area contributed by atoms with Crippen molar-refractivity contribution in [2.45, 2.75) is 38.6 Å². The summed E-state index contributed by atoms with van der Waals surface area (Å²) >= 11 is 0. The van der Waals surface area contributed by atoms with E-state index in [2.05, 4.69) is 6.92 Å². The van der Waals surface area contributed by atoms with Gasteiger partial charge in [-0.15, -0.1) is 0 Å². The van der Waals surface area contributed by atoms with Crippen LogP contribution in [0.4, 0.5) is 0 Å². The second-order valence-corrected chi connectivity index (χ2v) is 5.85. The van der Waals surface area contributed by atoms with Crippen LogP contribution in [-0.2, 0) is 16.1 Å². The minimum Gasteiger partial charge on any atom is -0.465 e. The normalized spacial score (nSPS) is 16.1. The van der Waals surface area contributed by atoms with Crippen molar-refractivity contribution in [1.29, 1.82) is 0 Å². The summed E-state index contributed by atoms with van der Waals surface area (Å²) in [6.07, 6.45) is 2.59. The number of hydrogen-bond donors (Lipinski definition) is 0. The number of esters is 1. The van der Waals surface area contributed by atoms with Gasteiger partial charge in [0, 0.05) is 17.8 Å². The monoisotopic (exact) mass is 311 g/mol. The number of rotatable bonds is 6. The van der Waals surface area contributed by atoms with E-state index in [-0.39, 0.29) is 17.7 Å². The van der Waals surface area contributed by atoms with Gasteiger partial charge in [0.25, 0.3) is 0 Å². The van der Waals surface area contributed by atoms with Crippen LogP contribution in [0.2, 0.25) is 0 Å². The third-order valence-electron chi connectivity index (χ3n) is 4.31. The summed E-state index contributed by atoms with van der Waals surface area (Å²) in [6, 6.07) is 12.9. The minimum atomic E-state index is -0.246. The van der Waals surface area contributed by atoms with Crippen molar-refractivity contribution in [2.24, 2.45) is 0 Å². The van der Waals surface area contributed by atoms with Gasteiger partial charge in [0.15, 0.2) is 0 Å². The number of carbonyl (C=O) groups excluding carboxylic acids is 2. The van der Waals surface area contributed by atoms with Crippen molar-refractivity contribution >= 4 is 11.8 Å². The van der Waals surface area contributed by atoms with Crippen molar-refractivity contribution in [3.63, 3.8) is 0 Å². The number of carbonyl (C=O) groups is 2. The van der Waals surface area contributed by atoms with Crippen molar-refractivity contribution in [3.05, 3.63) is 59.4 Å². The van der Waals surface area contributed by atoms with E-state index < -0.39 is 0 Å². The molecule has 1 atom stereocenters. The van der Waals surface area contributed by atoms with E-state index in [9.17, 15) is 9.59 Å². The Morgan fingerprint density at radius 2 is 1.96 bits per heavy atom. The summed E-state index contributed by atoms with van der Waals surface area (Å²) in [7, 11) is 0. The molecule has 0 saturated carbocycles. The second-order valence-electron chi connectivity index (χ2n) is 5.85. The van der Waals surface area contributed by atoms with Gasteiger partial charge in [-0.3, -0.25) is 9.59 Å². The highest BCUT2D eigenvalue weighted by atomic mass is 16.5. The zero-order valence-electron chi connectivity index (χ0n) is 13.3. The number of nitrogens with zero attached hydrogens (tertiary/aromatic N) is 1. The highest BCUT2D eigenvalue weighted by Crippen LogP contribution is 2.32. The summed E-state index contributed by atoms with van der Waals surface area (Å²) in [6.45, 7) is 3.22. The maximum atomic E-state index is 12.6. The Bertz CT molecular complexity index is 703. The maximum Gasteiger partial charge on any atom is 0.315 e. The molecule has 1 aliphatic heterocycles. The molecule has 4 heteroatoms. The van der Waals surface area contributed by atoms with Crippen LogP contribution in [0.5, 0.6) is 0 Å². The van der Waals surface area contributed by atoms with Crippen LogP contribution in [0, 0.1) is 0 Å². The second kappa shape index (κ2) is 6.82. The smallest absolute Gasteiger partial charge is 0.315 e. The Morgan fingerprint density at radius 3 is 2.70 bits per heavy atom. The molecule has 0 unspecified atom stereocenters. The maximum absolute atomic E-state index is 12.6. The topological polar surface area (TPSA) is 48.3 Å². The lowest BCUT2D eigenvalue weighted by atomic mass is 10.1. The van der Waals surface area contributed by atoms with Gasteiger partial charge in [0.2, 0.25) is 5.78 Å². The SMILES string of the molecule is CCCCOC(=O)[C@@H]1CCn2c(C(=O)c3ccccc3)ccc21. The number of ketones is 1. The molecule has 120 valence electrons. The van der Waals surface area contributed by atoms with E-state index >= 15 is 0 Å². The summed E-state index contributed by atoms with van der Waals surface area (Å²) < 4.78 is 7.30. The quantitative estimate of drug-likeness (QED) is 0.466. The van der Waals surface area contributed by atoms with Crippen LogP contribution in [0.15, 0.2) is 42.5 Å². The number of fused-ring (bicyclic) bond motifs is 1. The van der Waals surface area contributed by atoms with E-state index in [1.54, 1.807) is 0 Å². The van der Waals surface area contributed by atoms with E-state index in [0.29, 0.717) is 30.8 Å². The standard InChI is InChI=1S/C19H21NO3/c1-2-3-13-23-19(22)15-11-12-20-16(15)9-10-17(20)18(21)14-7-5-4-6-8-14/h4-10,15H,2-3,11-13H2,1H3/t15-/m1/s1. The van der Waals surface area contributed by atoms with Gasteiger partial charge in [0.05, 0.1) is 18.2 Å². The van der Waals surface area contributed by atoms with Crippen LogP contribution in [0.3, 0.4) is 0 Å². The molecule has 23 heavy (non-hydrogen) atoms. The van der Waals surface area contributed by atoms with Gasteiger partial charge >= 0.3 is 5.97 Å². The third-order valence-corrected chi connectivity index (χ3v) is 4.31. The number of benzene rings is 1. The first-order valence-corrected chi connectivity index (χ1v) is 8.18. The molecular weight excluding hydrogens is 290 g/mol.